The van der Waals surface area contributed by atoms with Crippen molar-refractivity contribution >= 4 is 17.3 Å². The fourth-order valence-electron chi connectivity index (χ4n) is 2.50. The number of aliphatic imine (C=N–C) groups is 1. The fraction of sp³-hybridized carbons (Fsp3) is 0.474. The highest BCUT2D eigenvalue weighted by atomic mass is 32.1. The normalized spacial score (nSPS) is 11.4. The Morgan fingerprint density at radius 2 is 2.00 bits per heavy atom. The molecule has 1 aromatic heterocycles. The Hall–Kier alpha value is -2.08. The van der Waals surface area contributed by atoms with Crippen molar-refractivity contribution in [2.75, 3.05) is 27.2 Å². The molecular formula is C19H28N4OS. The number of nitrogens with one attached hydrogen (secondary N) is 2. The summed E-state index contributed by atoms with van der Waals surface area (Å²) in [6, 6.07) is 6.34. The topological polar surface area (TPSA) is 58.5 Å². The van der Waals surface area contributed by atoms with E-state index < -0.39 is 0 Å². The Labute approximate surface area is 154 Å². The van der Waals surface area contributed by atoms with Crippen LogP contribution in [-0.4, -0.2) is 38.2 Å². The second-order valence-electron chi connectivity index (χ2n) is 5.82. The van der Waals surface area contributed by atoms with Gasteiger partial charge in [0.25, 0.3) is 0 Å². The molecule has 2 N–H and O–H groups in total. The zero-order chi connectivity index (χ0) is 18.1. The lowest BCUT2D eigenvalue weighted by Crippen LogP contribution is -2.39. The van der Waals surface area contributed by atoms with E-state index in [1.807, 2.05) is 0 Å². The molecule has 25 heavy (non-hydrogen) atoms. The third-order valence-corrected chi connectivity index (χ3v) is 5.02. The van der Waals surface area contributed by atoms with Crippen molar-refractivity contribution in [3.63, 3.8) is 0 Å². The lowest BCUT2D eigenvalue weighted by Gasteiger charge is -2.12. The van der Waals surface area contributed by atoms with Crippen LogP contribution in [0.2, 0.25) is 0 Å². The molecule has 1 aromatic carbocycles. The van der Waals surface area contributed by atoms with Crippen molar-refractivity contribution in [2.24, 2.45) is 4.99 Å². The largest absolute Gasteiger partial charge is 0.496 e. The van der Waals surface area contributed by atoms with Crippen molar-refractivity contribution in [3.05, 3.63) is 45.4 Å². The van der Waals surface area contributed by atoms with Crippen molar-refractivity contribution in [1.82, 2.24) is 15.6 Å². The molecule has 6 heteroatoms. The summed E-state index contributed by atoms with van der Waals surface area (Å²) in [6.45, 7) is 5.84. The number of aromatic nitrogens is 1. The van der Waals surface area contributed by atoms with E-state index >= 15 is 0 Å². The first-order valence-electron chi connectivity index (χ1n) is 8.67. The van der Waals surface area contributed by atoms with Crippen LogP contribution in [0.4, 0.5) is 0 Å². The standard InChI is InChI=1S/C19H28N4OS/c1-5-18-23-16(13-25-18)9-11-22-19(20-3)21-10-8-15-7-6-14(2)17(12-15)24-4/h6-7,12-13H,5,8-11H2,1-4H3,(H2,20,21,22). The van der Waals surface area contributed by atoms with Crippen LogP contribution >= 0.6 is 11.3 Å². The summed E-state index contributed by atoms with van der Waals surface area (Å²) in [5.41, 5.74) is 3.56. The first-order valence-corrected chi connectivity index (χ1v) is 9.55. The van der Waals surface area contributed by atoms with Crippen LogP contribution in [0, 0.1) is 6.92 Å². The smallest absolute Gasteiger partial charge is 0.190 e. The third kappa shape index (κ3) is 6.05. The molecule has 5 nitrogen and oxygen atoms in total. The summed E-state index contributed by atoms with van der Waals surface area (Å²) >= 11 is 1.73. The van der Waals surface area contributed by atoms with Gasteiger partial charge in [-0.2, -0.15) is 0 Å². The van der Waals surface area contributed by atoms with Crippen LogP contribution in [0.15, 0.2) is 28.6 Å². The minimum atomic E-state index is 0.822. The van der Waals surface area contributed by atoms with Gasteiger partial charge in [0.2, 0.25) is 0 Å². The molecule has 136 valence electrons. The minimum Gasteiger partial charge on any atom is -0.496 e. The van der Waals surface area contributed by atoms with Crippen molar-refractivity contribution in [1.29, 1.82) is 0 Å². The number of nitrogens with zero attached hydrogens (tertiary/aromatic N) is 2. The molecule has 0 atom stereocenters. The summed E-state index contributed by atoms with van der Waals surface area (Å²) in [5, 5.41) is 10.0. The monoisotopic (exact) mass is 360 g/mol. The average Bonchev–Trinajstić information content (AvgIpc) is 3.09. The number of methoxy groups -OCH3 is 1. The summed E-state index contributed by atoms with van der Waals surface area (Å²) < 4.78 is 5.38. The van der Waals surface area contributed by atoms with Gasteiger partial charge in [0.15, 0.2) is 5.96 Å². The molecule has 0 spiro atoms. The molecule has 0 saturated heterocycles. The zero-order valence-electron chi connectivity index (χ0n) is 15.6. The van der Waals surface area contributed by atoms with Crippen molar-refractivity contribution < 1.29 is 4.74 Å². The summed E-state index contributed by atoms with van der Waals surface area (Å²) in [5.74, 6) is 1.76. The van der Waals surface area contributed by atoms with E-state index in [-0.39, 0.29) is 0 Å². The Balaban J connectivity index is 1.73. The van der Waals surface area contributed by atoms with E-state index in [0.29, 0.717) is 0 Å². The highest BCUT2D eigenvalue weighted by Gasteiger charge is 2.03. The third-order valence-electron chi connectivity index (χ3n) is 3.98. The second kappa shape index (κ2) is 10.0. The predicted molar refractivity (Wildman–Crippen MR) is 106 cm³/mol. The molecule has 2 aromatic rings. The molecule has 0 bridgehead atoms. The van der Waals surface area contributed by atoms with Crippen LogP contribution in [0.1, 0.15) is 28.8 Å². The molecular weight excluding hydrogens is 332 g/mol. The first-order chi connectivity index (χ1) is 12.2. The lowest BCUT2D eigenvalue weighted by atomic mass is 10.1. The SMILES string of the molecule is CCc1nc(CCNC(=NC)NCCc2ccc(C)c(OC)c2)cs1. The molecule has 0 aliphatic heterocycles. The van der Waals surface area contributed by atoms with Gasteiger partial charge in [-0.25, -0.2) is 4.98 Å². The zero-order valence-corrected chi connectivity index (χ0v) is 16.4. The number of benzene rings is 1. The Bertz CT molecular complexity index is 696. The Morgan fingerprint density at radius 1 is 1.24 bits per heavy atom. The molecule has 0 saturated carbocycles. The van der Waals surface area contributed by atoms with Gasteiger partial charge in [-0.3, -0.25) is 4.99 Å². The van der Waals surface area contributed by atoms with Crippen molar-refractivity contribution in [3.8, 4) is 5.75 Å². The number of thiazole rings is 1. The molecule has 0 unspecified atom stereocenters. The number of aryl methyl sites for hydroxylation is 2. The van der Waals surface area contributed by atoms with E-state index in [2.05, 4.69) is 58.0 Å². The van der Waals surface area contributed by atoms with Gasteiger partial charge >= 0.3 is 0 Å². The number of rotatable bonds is 8. The highest BCUT2D eigenvalue weighted by molar-refractivity contribution is 7.09. The second-order valence-corrected chi connectivity index (χ2v) is 6.76. The van der Waals surface area contributed by atoms with E-state index in [4.69, 9.17) is 4.74 Å². The van der Waals surface area contributed by atoms with E-state index in [9.17, 15) is 0 Å². The molecule has 1 heterocycles. The Morgan fingerprint density at radius 3 is 2.64 bits per heavy atom. The summed E-state index contributed by atoms with van der Waals surface area (Å²) in [6.07, 6.45) is 2.83. The average molecular weight is 361 g/mol. The molecule has 0 amide bonds. The number of ether oxygens (including phenoxy) is 1. The van der Waals surface area contributed by atoms with Gasteiger partial charge in [-0.1, -0.05) is 19.1 Å². The van der Waals surface area contributed by atoms with E-state index in [1.54, 1.807) is 25.5 Å². The van der Waals surface area contributed by atoms with Crippen LogP contribution in [0.25, 0.3) is 0 Å². The quantitative estimate of drug-likeness (QED) is 0.561. The van der Waals surface area contributed by atoms with Crippen LogP contribution in [0.5, 0.6) is 5.75 Å². The minimum absolute atomic E-state index is 0.822. The van der Waals surface area contributed by atoms with Gasteiger partial charge in [0, 0.05) is 31.9 Å². The molecule has 0 aliphatic rings. The Kier molecular flexibility index (Phi) is 7.73. The van der Waals surface area contributed by atoms with Crippen molar-refractivity contribution in [2.45, 2.75) is 33.1 Å². The lowest BCUT2D eigenvalue weighted by molar-refractivity contribution is 0.411. The van der Waals surface area contributed by atoms with E-state index in [0.717, 1.165) is 55.3 Å². The maximum absolute atomic E-state index is 5.38. The summed E-state index contributed by atoms with van der Waals surface area (Å²) in [4.78, 5) is 8.85. The highest BCUT2D eigenvalue weighted by Crippen LogP contribution is 2.19. The molecule has 2 rings (SSSR count). The maximum Gasteiger partial charge on any atom is 0.190 e. The van der Waals surface area contributed by atoms with Gasteiger partial charge in [-0.05, 0) is 37.0 Å². The van der Waals surface area contributed by atoms with Gasteiger partial charge in [0.05, 0.1) is 17.8 Å². The van der Waals surface area contributed by atoms with Crippen LogP contribution < -0.4 is 15.4 Å². The molecule has 0 fully saturated rings. The predicted octanol–water partition coefficient (Wildman–Crippen LogP) is 2.97. The summed E-state index contributed by atoms with van der Waals surface area (Å²) in [7, 11) is 3.50. The number of guanidine groups is 1. The van der Waals surface area contributed by atoms with Gasteiger partial charge < -0.3 is 15.4 Å². The van der Waals surface area contributed by atoms with Gasteiger partial charge in [0.1, 0.15) is 5.75 Å². The van der Waals surface area contributed by atoms with Gasteiger partial charge in [-0.15, -0.1) is 11.3 Å². The molecule has 0 aliphatic carbocycles. The van der Waals surface area contributed by atoms with Crippen LogP contribution in [0.3, 0.4) is 0 Å². The fourth-order valence-corrected chi connectivity index (χ4v) is 3.28. The maximum atomic E-state index is 5.38. The number of hydrogen-bond donors (Lipinski definition) is 2. The first kappa shape index (κ1) is 19.2. The van der Waals surface area contributed by atoms with Crippen LogP contribution in [-0.2, 0) is 19.3 Å². The molecule has 0 radical (unpaired) electrons. The van der Waals surface area contributed by atoms with E-state index in [1.165, 1.54) is 10.6 Å². The number of hydrogen-bond acceptors (Lipinski definition) is 4.